The third-order valence-corrected chi connectivity index (χ3v) is 7.28. The fourth-order valence-electron chi connectivity index (χ4n) is 2.96. The van der Waals surface area contributed by atoms with E-state index in [0.717, 1.165) is 18.5 Å². The molecular weight excluding hydrogens is 360 g/mol. The van der Waals surface area contributed by atoms with Gasteiger partial charge in [0.1, 0.15) is 4.21 Å². The van der Waals surface area contributed by atoms with Gasteiger partial charge in [-0.3, -0.25) is 9.48 Å². The molecule has 0 aromatic carbocycles. The van der Waals surface area contributed by atoms with Gasteiger partial charge in [-0.15, -0.1) is 11.3 Å². The quantitative estimate of drug-likeness (QED) is 0.852. The predicted molar refractivity (Wildman–Crippen MR) is 96.1 cm³/mol. The Balaban J connectivity index is 1.60. The highest BCUT2D eigenvalue weighted by molar-refractivity contribution is 7.91. The second-order valence-electron chi connectivity index (χ2n) is 6.34. The first-order valence-electron chi connectivity index (χ1n) is 8.20. The van der Waals surface area contributed by atoms with E-state index in [1.165, 1.54) is 11.3 Å². The molecule has 1 aliphatic rings. The molecule has 1 fully saturated rings. The summed E-state index contributed by atoms with van der Waals surface area (Å²) in [6, 6.07) is 5.09. The number of nitrogens with zero attached hydrogens (tertiary/aromatic N) is 3. The Kier molecular flexibility index (Phi) is 5.26. The molecule has 3 heterocycles. The van der Waals surface area contributed by atoms with Gasteiger partial charge in [-0.25, -0.2) is 13.1 Å². The SMILES string of the molecule is Cc1cc(C(=O)N2CCC[C@@H](CNS(=O)(=O)c3cccs3)C2)nn1C. The molecule has 0 radical (unpaired) electrons. The van der Waals surface area contributed by atoms with Gasteiger partial charge in [-0.1, -0.05) is 6.07 Å². The van der Waals surface area contributed by atoms with Gasteiger partial charge in [0, 0.05) is 32.4 Å². The maximum Gasteiger partial charge on any atom is 0.274 e. The Morgan fingerprint density at radius 1 is 1.48 bits per heavy atom. The number of nitrogens with one attached hydrogen (secondary N) is 1. The van der Waals surface area contributed by atoms with Crippen LogP contribution in [-0.2, 0) is 17.1 Å². The number of aryl methyl sites for hydroxylation is 2. The van der Waals surface area contributed by atoms with Crippen LogP contribution in [0.5, 0.6) is 0 Å². The largest absolute Gasteiger partial charge is 0.337 e. The fourth-order valence-corrected chi connectivity index (χ4v) is 5.11. The van der Waals surface area contributed by atoms with Crippen molar-refractivity contribution < 1.29 is 13.2 Å². The van der Waals surface area contributed by atoms with E-state index in [2.05, 4.69) is 9.82 Å². The molecule has 0 unspecified atom stereocenters. The van der Waals surface area contributed by atoms with Gasteiger partial charge >= 0.3 is 0 Å². The second kappa shape index (κ2) is 7.27. The van der Waals surface area contributed by atoms with Crippen LogP contribution in [0.3, 0.4) is 0 Å². The summed E-state index contributed by atoms with van der Waals surface area (Å²) in [6.07, 6.45) is 1.76. The highest BCUT2D eigenvalue weighted by Gasteiger charge is 2.27. The molecular formula is C16H22N4O3S2. The minimum absolute atomic E-state index is 0.0884. The normalized spacial score (nSPS) is 18.5. The summed E-state index contributed by atoms with van der Waals surface area (Å²) in [5, 5.41) is 5.99. The zero-order chi connectivity index (χ0) is 18.0. The predicted octanol–water partition coefficient (Wildman–Crippen LogP) is 1.62. The van der Waals surface area contributed by atoms with Crippen LogP contribution >= 0.6 is 11.3 Å². The Morgan fingerprint density at radius 2 is 2.28 bits per heavy atom. The fraction of sp³-hybridized carbons (Fsp3) is 0.500. The van der Waals surface area contributed by atoms with E-state index < -0.39 is 10.0 Å². The zero-order valence-electron chi connectivity index (χ0n) is 14.3. The van der Waals surface area contributed by atoms with E-state index in [-0.39, 0.29) is 11.8 Å². The van der Waals surface area contributed by atoms with Gasteiger partial charge < -0.3 is 4.90 Å². The molecule has 136 valence electrons. The molecule has 1 aliphatic heterocycles. The Morgan fingerprint density at radius 3 is 2.92 bits per heavy atom. The molecule has 0 bridgehead atoms. The van der Waals surface area contributed by atoms with Crippen molar-refractivity contribution in [1.82, 2.24) is 19.4 Å². The number of hydrogen-bond donors (Lipinski definition) is 1. The average Bonchev–Trinajstić information content (AvgIpc) is 3.24. The minimum atomic E-state index is -3.46. The van der Waals surface area contributed by atoms with Crippen LogP contribution in [0.4, 0.5) is 0 Å². The summed E-state index contributed by atoms with van der Waals surface area (Å²) in [7, 11) is -1.65. The first-order chi connectivity index (χ1) is 11.9. The Hall–Kier alpha value is -1.71. The molecule has 1 N–H and O–H groups in total. The highest BCUT2D eigenvalue weighted by Crippen LogP contribution is 2.20. The second-order valence-corrected chi connectivity index (χ2v) is 9.28. The summed E-state index contributed by atoms with van der Waals surface area (Å²) in [5.74, 6) is 0.0201. The van der Waals surface area contributed by atoms with Gasteiger partial charge in [-0.2, -0.15) is 5.10 Å². The summed E-state index contributed by atoms with van der Waals surface area (Å²) < 4.78 is 29.1. The minimum Gasteiger partial charge on any atom is -0.337 e. The lowest BCUT2D eigenvalue weighted by Crippen LogP contribution is -2.43. The average molecular weight is 383 g/mol. The highest BCUT2D eigenvalue weighted by atomic mass is 32.2. The van der Waals surface area contributed by atoms with Gasteiger partial charge in [0.15, 0.2) is 5.69 Å². The summed E-state index contributed by atoms with van der Waals surface area (Å²) in [4.78, 5) is 14.4. The molecule has 0 saturated carbocycles. The van der Waals surface area contributed by atoms with E-state index in [1.54, 1.807) is 33.2 Å². The number of piperidine rings is 1. The van der Waals surface area contributed by atoms with E-state index in [1.807, 2.05) is 14.0 Å². The molecule has 0 aliphatic carbocycles. The monoisotopic (exact) mass is 382 g/mol. The van der Waals surface area contributed by atoms with Crippen LogP contribution < -0.4 is 4.72 Å². The van der Waals surface area contributed by atoms with E-state index >= 15 is 0 Å². The van der Waals surface area contributed by atoms with Crippen molar-refractivity contribution >= 4 is 27.3 Å². The molecule has 2 aromatic heterocycles. The van der Waals surface area contributed by atoms with Crippen molar-refractivity contribution in [2.75, 3.05) is 19.6 Å². The molecule has 1 atom stereocenters. The Bertz CT molecular complexity index is 823. The van der Waals surface area contributed by atoms with Crippen molar-refractivity contribution in [3.05, 3.63) is 35.0 Å². The van der Waals surface area contributed by atoms with Crippen molar-refractivity contribution in [2.45, 2.75) is 24.0 Å². The maximum absolute atomic E-state index is 12.6. The standard InChI is InChI=1S/C16H22N4O3S2/c1-12-9-14(18-19(12)2)16(21)20-7-3-5-13(11-20)10-17-25(22,23)15-6-4-8-24-15/h4,6,8-9,13,17H,3,5,7,10-11H2,1-2H3/t13-/m0/s1. The molecule has 25 heavy (non-hydrogen) atoms. The smallest absolute Gasteiger partial charge is 0.274 e. The van der Waals surface area contributed by atoms with Gasteiger partial charge in [0.25, 0.3) is 5.91 Å². The molecule has 7 nitrogen and oxygen atoms in total. The van der Waals surface area contributed by atoms with Crippen molar-refractivity contribution in [1.29, 1.82) is 0 Å². The molecule has 1 amide bonds. The van der Waals surface area contributed by atoms with Gasteiger partial charge in [0.05, 0.1) is 0 Å². The molecule has 9 heteroatoms. The van der Waals surface area contributed by atoms with Crippen LogP contribution in [-0.4, -0.2) is 48.6 Å². The van der Waals surface area contributed by atoms with Crippen LogP contribution in [0.2, 0.25) is 0 Å². The zero-order valence-corrected chi connectivity index (χ0v) is 15.9. The van der Waals surface area contributed by atoms with E-state index in [4.69, 9.17) is 0 Å². The van der Waals surface area contributed by atoms with E-state index in [9.17, 15) is 13.2 Å². The number of likely N-dealkylation sites (tertiary alicyclic amines) is 1. The number of sulfonamides is 1. The maximum atomic E-state index is 12.6. The van der Waals surface area contributed by atoms with Crippen molar-refractivity contribution in [3.63, 3.8) is 0 Å². The summed E-state index contributed by atoms with van der Waals surface area (Å²) in [6.45, 7) is 3.47. The molecule has 3 rings (SSSR count). The third kappa shape index (κ3) is 4.10. The lowest BCUT2D eigenvalue weighted by atomic mass is 9.98. The molecule has 0 spiro atoms. The first kappa shape index (κ1) is 18.1. The van der Waals surface area contributed by atoms with Crippen molar-refractivity contribution in [3.8, 4) is 0 Å². The lowest BCUT2D eigenvalue weighted by molar-refractivity contribution is 0.0669. The van der Waals surface area contributed by atoms with Crippen molar-refractivity contribution in [2.24, 2.45) is 13.0 Å². The van der Waals surface area contributed by atoms with Crippen LogP contribution in [0, 0.1) is 12.8 Å². The number of carbonyl (C=O) groups is 1. The lowest BCUT2D eigenvalue weighted by Gasteiger charge is -2.32. The van der Waals surface area contributed by atoms with Gasteiger partial charge in [0.2, 0.25) is 10.0 Å². The third-order valence-electron chi connectivity index (χ3n) is 4.46. The van der Waals surface area contributed by atoms with Gasteiger partial charge in [-0.05, 0) is 43.2 Å². The van der Waals surface area contributed by atoms with Crippen LogP contribution in [0.25, 0.3) is 0 Å². The topological polar surface area (TPSA) is 84.3 Å². The number of aromatic nitrogens is 2. The first-order valence-corrected chi connectivity index (χ1v) is 10.6. The number of hydrogen-bond acceptors (Lipinski definition) is 5. The Labute approximate surface area is 151 Å². The summed E-state index contributed by atoms with van der Waals surface area (Å²) in [5.41, 5.74) is 1.38. The summed E-state index contributed by atoms with van der Waals surface area (Å²) >= 11 is 1.20. The number of carbonyl (C=O) groups excluding carboxylic acids is 1. The number of thiophene rings is 1. The molecule has 1 saturated heterocycles. The van der Waals surface area contributed by atoms with Crippen LogP contribution in [0.15, 0.2) is 27.8 Å². The molecule has 2 aromatic rings. The van der Waals surface area contributed by atoms with E-state index in [0.29, 0.717) is 29.5 Å². The number of amides is 1. The number of rotatable bonds is 5. The van der Waals surface area contributed by atoms with Crippen LogP contribution in [0.1, 0.15) is 29.0 Å².